The van der Waals surface area contributed by atoms with Crippen molar-refractivity contribution in [2.45, 2.75) is 90.8 Å². The van der Waals surface area contributed by atoms with Gasteiger partial charge in [0.05, 0.1) is 5.69 Å². The van der Waals surface area contributed by atoms with E-state index in [2.05, 4.69) is 15.2 Å². The van der Waals surface area contributed by atoms with Crippen LogP contribution in [-0.4, -0.2) is 53.0 Å². The number of carbonyl (C=O) groups excluding carboxylic acids is 2. The SMILES string of the molecule is CCN(C(=O)OC(C)(C)C)c1cc(F)cc2c1CCCC(=O)C2(C)N1CCC[C@@H](Nc2ccc(C)cn2)C1. The smallest absolute Gasteiger partial charge is 0.414 e. The lowest BCUT2D eigenvalue weighted by Crippen LogP contribution is -2.56. The summed E-state index contributed by atoms with van der Waals surface area (Å²) in [5.41, 5.74) is 1.42. The predicted molar refractivity (Wildman–Crippen MR) is 148 cm³/mol. The number of Topliss-reactive ketones (excluding diaryl/α,β-unsaturated/α-hetero) is 1. The van der Waals surface area contributed by atoms with E-state index in [0.29, 0.717) is 43.6 Å². The fourth-order valence-electron chi connectivity index (χ4n) is 5.70. The van der Waals surface area contributed by atoms with E-state index >= 15 is 4.39 Å². The summed E-state index contributed by atoms with van der Waals surface area (Å²) < 4.78 is 20.9. The molecule has 38 heavy (non-hydrogen) atoms. The number of likely N-dealkylation sites (tertiary alicyclic amines) is 1. The van der Waals surface area contributed by atoms with Crippen molar-refractivity contribution in [3.8, 4) is 0 Å². The van der Waals surface area contributed by atoms with Gasteiger partial charge in [0.1, 0.15) is 22.8 Å². The number of ketones is 1. The van der Waals surface area contributed by atoms with Crippen molar-refractivity contribution in [2.24, 2.45) is 0 Å². The van der Waals surface area contributed by atoms with E-state index in [9.17, 15) is 9.59 Å². The molecule has 1 amide bonds. The van der Waals surface area contributed by atoms with Gasteiger partial charge in [0.2, 0.25) is 0 Å². The van der Waals surface area contributed by atoms with Gasteiger partial charge in [0, 0.05) is 31.7 Å². The second-order valence-electron chi connectivity index (χ2n) is 11.7. The summed E-state index contributed by atoms with van der Waals surface area (Å²) in [6.07, 6.45) is 4.83. The largest absolute Gasteiger partial charge is 0.443 e. The number of aromatic nitrogens is 1. The third-order valence-electron chi connectivity index (χ3n) is 7.63. The zero-order chi connectivity index (χ0) is 27.7. The van der Waals surface area contributed by atoms with Crippen molar-refractivity contribution in [3.63, 3.8) is 0 Å². The van der Waals surface area contributed by atoms with Crippen LogP contribution in [-0.2, 0) is 21.5 Å². The van der Waals surface area contributed by atoms with Crippen LogP contribution < -0.4 is 10.2 Å². The molecule has 1 aliphatic carbocycles. The summed E-state index contributed by atoms with van der Waals surface area (Å²) in [6, 6.07) is 7.02. The van der Waals surface area contributed by atoms with Crippen LogP contribution in [0.15, 0.2) is 30.5 Å². The molecule has 1 fully saturated rings. The molecule has 206 valence electrons. The number of benzene rings is 1. The number of aryl methyl sites for hydroxylation is 1. The number of nitrogens with zero attached hydrogens (tertiary/aromatic N) is 3. The maximum absolute atomic E-state index is 15.3. The zero-order valence-electron chi connectivity index (χ0n) is 23.6. The van der Waals surface area contributed by atoms with Crippen molar-refractivity contribution in [1.29, 1.82) is 0 Å². The third-order valence-corrected chi connectivity index (χ3v) is 7.63. The molecule has 0 radical (unpaired) electrons. The first kappa shape index (κ1) is 28.0. The van der Waals surface area contributed by atoms with Crippen LogP contribution in [0.3, 0.4) is 0 Å². The van der Waals surface area contributed by atoms with Gasteiger partial charge < -0.3 is 10.1 Å². The Kier molecular flexibility index (Phi) is 8.12. The van der Waals surface area contributed by atoms with Gasteiger partial charge in [-0.25, -0.2) is 14.2 Å². The standard InChI is InChI=1S/C30H41FN4O3/c1-7-35(28(37)38-29(3,4)5)25-17-21(31)16-24-23(25)11-8-12-26(36)30(24,6)34-15-9-10-22(19-34)33-27-14-13-20(2)18-32-27/h13-14,16-18,22H,7-12,15,19H2,1-6H3,(H,32,33)/t22-,30?/m1/s1. The molecule has 1 saturated heterocycles. The second kappa shape index (κ2) is 11.0. The van der Waals surface area contributed by atoms with Crippen molar-refractivity contribution in [1.82, 2.24) is 9.88 Å². The van der Waals surface area contributed by atoms with Crippen LogP contribution >= 0.6 is 0 Å². The number of anilines is 2. The Balaban J connectivity index is 1.72. The van der Waals surface area contributed by atoms with Gasteiger partial charge in [-0.1, -0.05) is 6.07 Å². The molecule has 4 rings (SSSR count). The van der Waals surface area contributed by atoms with E-state index in [1.54, 1.807) is 0 Å². The topological polar surface area (TPSA) is 74.8 Å². The van der Waals surface area contributed by atoms with Crippen LogP contribution in [0.4, 0.5) is 20.7 Å². The number of ether oxygens (including phenoxy) is 1. The van der Waals surface area contributed by atoms with Crippen LogP contribution in [0.25, 0.3) is 0 Å². The molecule has 1 aromatic carbocycles. The normalized spacial score (nSPS) is 22.4. The number of hydrogen-bond donors (Lipinski definition) is 1. The Morgan fingerprint density at radius 1 is 1.26 bits per heavy atom. The fraction of sp³-hybridized carbons (Fsp3) is 0.567. The highest BCUT2D eigenvalue weighted by molar-refractivity contribution is 5.93. The average molecular weight is 525 g/mol. The summed E-state index contributed by atoms with van der Waals surface area (Å²) in [5, 5.41) is 3.53. The Morgan fingerprint density at radius 3 is 2.68 bits per heavy atom. The van der Waals surface area contributed by atoms with E-state index in [1.807, 2.05) is 59.9 Å². The maximum atomic E-state index is 15.3. The molecule has 1 aromatic heterocycles. The monoisotopic (exact) mass is 524 g/mol. The third kappa shape index (κ3) is 5.85. The quantitative estimate of drug-likeness (QED) is 0.485. The second-order valence-corrected chi connectivity index (χ2v) is 11.7. The number of rotatable bonds is 5. The van der Waals surface area contributed by atoms with E-state index in [0.717, 1.165) is 36.3 Å². The Hall–Kier alpha value is -3.00. The summed E-state index contributed by atoms with van der Waals surface area (Å²) in [5.74, 6) is 0.434. The number of halogens is 1. The molecule has 2 heterocycles. The van der Waals surface area contributed by atoms with Crippen LogP contribution in [0.5, 0.6) is 0 Å². The molecule has 8 heteroatoms. The Bertz CT molecular complexity index is 1180. The number of fused-ring (bicyclic) bond motifs is 1. The summed E-state index contributed by atoms with van der Waals surface area (Å²) in [6.45, 7) is 12.9. The number of pyridine rings is 1. The van der Waals surface area contributed by atoms with Gasteiger partial charge in [-0.2, -0.15) is 0 Å². The predicted octanol–water partition coefficient (Wildman–Crippen LogP) is 5.99. The summed E-state index contributed by atoms with van der Waals surface area (Å²) >= 11 is 0. The summed E-state index contributed by atoms with van der Waals surface area (Å²) in [7, 11) is 0. The number of piperidine rings is 1. The molecule has 1 N–H and O–H groups in total. The molecule has 2 aliphatic rings. The lowest BCUT2D eigenvalue weighted by Gasteiger charge is -2.45. The van der Waals surface area contributed by atoms with Gasteiger partial charge >= 0.3 is 6.09 Å². The molecule has 0 bridgehead atoms. The van der Waals surface area contributed by atoms with Gasteiger partial charge in [-0.3, -0.25) is 14.6 Å². The maximum Gasteiger partial charge on any atom is 0.414 e. The van der Waals surface area contributed by atoms with Crippen molar-refractivity contribution >= 4 is 23.4 Å². The highest BCUT2D eigenvalue weighted by Crippen LogP contribution is 2.42. The minimum Gasteiger partial charge on any atom is -0.443 e. The zero-order valence-corrected chi connectivity index (χ0v) is 23.6. The molecule has 1 unspecified atom stereocenters. The summed E-state index contributed by atoms with van der Waals surface area (Å²) in [4.78, 5) is 35.1. The molecule has 0 saturated carbocycles. The van der Waals surface area contributed by atoms with Crippen molar-refractivity contribution < 1.29 is 18.7 Å². The number of amides is 1. The highest BCUT2D eigenvalue weighted by Gasteiger charge is 2.46. The molecular formula is C30H41FN4O3. The Morgan fingerprint density at radius 2 is 2.03 bits per heavy atom. The first-order chi connectivity index (χ1) is 17.9. The molecule has 2 atom stereocenters. The lowest BCUT2D eigenvalue weighted by molar-refractivity contribution is -0.131. The van der Waals surface area contributed by atoms with Crippen LogP contribution in [0.1, 0.15) is 77.0 Å². The lowest BCUT2D eigenvalue weighted by atomic mass is 9.81. The van der Waals surface area contributed by atoms with Gasteiger partial charge in [0.25, 0.3) is 0 Å². The minimum absolute atomic E-state index is 0.0854. The Labute approximate surface area is 225 Å². The van der Waals surface area contributed by atoms with Crippen molar-refractivity contribution in [3.05, 3.63) is 53.0 Å². The molecule has 0 spiro atoms. The molecular weight excluding hydrogens is 483 g/mol. The van der Waals surface area contributed by atoms with Crippen LogP contribution in [0.2, 0.25) is 0 Å². The minimum atomic E-state index is -1.00. The highest BCUT2D eigenvalue weighted by atomic mass is 19.1. The molecule has 7 nitrogen and oxygen atoms in total. The number of carbonyl (C=O) groups is 2. The van der Waals surface area contributed by atoms with E-state index in [4.69, 9.17) is 4.74 Å². The van der Waals surface area contributed by atoms with E-state index < -0.39 is 23.1 Å². The molecule has 2 aromatic rings. The average Bonchev–Trinajstić information content (AvgIpc) is 2.97. The number of hydrogen-bond acceptors (Lipinski definition) is 6. The first-order valence-corrected chi connectivity index (χ1v) is 13.7. The van der Waals surface area contributed by atoms with Gasteiger partial charge in [-0.05, 0) is 109 Å². The molecule has 1 aliphatic heterocycles. The van der Waals surface area contributed by atoms with Gasteiger partial charge in [0.15, 0.2) is 5.78 Å². The van der Waals surface area contributed by atoms with E-state index in [-0.39, 0.29) is 11.8 Å². The first-order valence-electron chi connectivity index (χ1n) is 13.7. The van der Waals surface area contributed by atoms with E-state index in [1.165, 1.54) is 17.0 Å². The van der Waals surface area contributed by atoms with Gasteiger partial charge in [-0.15, -0.1) is 0 Å². The van der Waals surface area contributed by atoms with Crippen LogP contribution in [0, 0.1) is 12.7 Å². The fourth-order valence-corrected chi connectivity index (χ4v) is 5.70. The van der Waals surface area contributed by atoms with Crippen molar-refractivity contribution in [2.75, 3.05) is 29.9 Å². The number of nitrogens with one attached hydrogen (secondary N) is 1.